The van der Waals surface area contributed by atoms with E-state index in [1.807, 2.05) is 30.3 Å². The van der Waals surface area contributed by atoms with Gasteiger partial charge in [0, 0.05) is 16.3 Å². The zero-order valence-electron chi connectivity index (χ0n) is 29.2. The molecule has 1 nitrogen and oxygen atoms in total. The summed E-state index contributed by atoms with van der Waals surface area (Å²) in [6.45, 7) is 0. The Bertz CT molecular complexity index is 2730. The average Bonchev–Trinajstić information content (AvgIpc) is 3.56. The number of benzene rings is 8. The van der Waals surface area contributed by atoms with Crippen LogP contribution in [0.3, 0.4) is 0 Å². The average molecular weight is 578 g/mol. The quantitative estimate of drug-likeness (QED) is 0.190. The number of hydrogen-bond donors (Lipinski definition) is 0. The van der Waals surface area contributed by atoms with E-state index in [2.05, 4.69) is 103 Å². The fraction of sp³-hybridized carbons (Fsp3) is 0. The first-order valence-corrected chi connectivity index (χ1v) is 15.0. The monoisotopic (exact) mass is 577 g/mol. The van der Waals surface area contributed by atoms with Crippen molar-refractivity contribution in [2.45, 2.75) is 0 Å². The summed E-state index contributed by atoms with van der Waals surface area (Å²) in [6, 6.07) is 46.2. The van der Waals surface area contributed by atoms with Gasteiger partial charge in [0.1, 0.15) is 11.2 Å². The molecule has 0 saturated heterocycles. The molecule has 9 rings (SSSR count). The summed E-state index contributed by atoms with van der Waals surface area (Å²) in [6.07, 6.45) is 0. The van der Waals surface area contributed by atoms with Crippen LogP contribution in [0.2, 0.25) is 0 Å². The summed E-state index contributed by atoms with van der Waals surface area (Å²) >= 11 is 0. The van der Waals surface area contributed by atoms with Crippen LogP contribution in [0, 0.1) is 0 Å². The highest BCUT2D eigenvalue weighted by Crippen LogP contribution is 2.47. The van der Waals surface area contributed by atoms with E-state index in [9.17, 15) is 0 Å². The number of para-hydroxylation sites is 1. The molecule has 0 aliphatic heterocycles. The molecule has 0 spiro atoms. The highest BCUT2D eigenvalue weighted by Gasteiger charge is 2.21. The van der Waals surface area contributed by atoms with Crippen LogP contribution in [0.25, 0.3) is 88.0 Å². The fourth-order valence-corrected chi connectivity index (χ4v) is 6.85. The minimum Gasteiger partial charge on any atom is -0.455 e. The zero-order valence-corrected chi connectivity index (χ0v) is 24.2. The number of furan rings is 1. The minimum atomic E-state index is -0.420. The molecule has 45 heavy (non-hydrogen) atoms. The van der Waals surface area contributed by atoms with Crippen molar-refractivity contribution in [3.8, 4) is 44.5 Å². The molecule has 1 heteroatoms. The molecule has 0 fully saturated rings. The molecular formula is C44H28O. The van der Waals surface area contributed by atoms with Crippen molar-refractivity contribution in [1.82, 2.24) is 0 Å². The van der Waals surface area contributed by atoms with Gasteiger partial charge in [0.15, 0.2) is 0 Å². The number of rotatable bonds is 4. The van der Waals surface area contributed by atoms with Crippen molar-refractivity contribution in [3.63, 3.8) is 0 Å². The lowest BCUT2D eigenvalue weighted by Gasteiger charge is -2.18. The van der Waals surface area contributed by atoms with Crippen molar-refractivity contribution in [1.29, 1.82) is 0 Å². The van der Waals surface area contributed by atoms with Crippen molar-refractivity contribution in [2.24, 2.45) is 0 Å². The lowest BCUT2D eigenvalue weighted by Crippen LogP contribution is -1.91. The Hall–Kier alpha value is -5.92. The summed E-state index contributed by atoms with van der Waals surface area (Å²) in [5, 5.41) is 6.20. The van der Waals surface area contributed by atoms with E-state index in [0.717, 1.165) is 54.6 Å². The Morgan fingerprint density at radius 1 is 0.400 bits per heavy atom. The molecule has 9 aromatic rings. The lowest BCUT2D eigenvalue weighted by molar-refractivity contribution is 0.670. The van der Waals surface area contributed by atoms with Crippen LogP contribution in [-0.4, -0.2) is 0 Å². The first kappa shape index (κ1) is 20.9. The standard InChI is InChI=1S/C44H28O/c1-3-14-29(15-4-1)31-18-11-19-32(28-31)41-34-20-7-9-22-36(34)42(37-23-10-8-21-35(37)41)38-25-13-27-40-43(38)39-26-12-24-33(44(39)45-40)30-16-5-2-6-17-30/h1-28H/i2D,5D,6D,16D,17D. The topological polar surface area (TPSA) is 13.1 Å². The van der Waals surface area contributed by atoms with Gasteiger partial charge in [0.25, 0.3) is 0 Å². The summed E-state index contributed by atoms with van der Waals surface area (Å²) < 4.78 is 48.6. The highest BCUT2D eigenvalue weighted by atomic mass is 16.3. The largest absolute Gasteiger partial charge is 0.455 e. The van der Waals surface area contributed by atoms with Gasteiger partial charge in [-0.15, -0.1) is 0 Å². The van der Waals surface area contributed by atoms with Crippen LogP contribution in [0.1, 0.15) is 6.85 Å². The second-order valence-electron chi connectivity index (χ2n) is 11.3. The third-order valence-corrected chi connectivity index (χ3v) is 8.75. The van der Waals surface area contributed by atoms with Gasteiger partial charge in [-0.2, -0.15) is 0 Å². The lowest BCUT2D eigenvalue weighted by atomic mass is 9.84. The molecule has 8 aromatic carbocycles. The molecule has 0 aliphatic carbocycles. The van der Waals surface area contributed by atoms with Crippen molar-refractivity contribution >= 4 is 43.5 Å². The number of hydrogen-bond acceptors (Lipinski definition) is 1. The van der Waals surface area contributed by atoms with E-state index >= 15 is 0 Å². The maximum absolute atomic E-state index is 8.68. The third kappa shape index (κ3) is 4.09. The van der Waals surface area contributed by atoms with E-state index in [1.165, 1.54) is 11.1 Å². The Morgan fingerprint density at radius 2 is 0.956 bits per heavy atom. The Balaban J connectivity index is 1.35. The van der Waals surface area contributed by atoms with Gasteiger partial charge in [0.2, 0.25) is 0 Å². The van der Waals surface area contributed by atoms with Crippen LogP contribution in [0.15, 0.2) is 174 Å². The number of fused-ring (bicyclic) bond motifs is 5. The summed E-state index contributed by atoms with van der Waals surface area (Å²) in [4.78, 5) is 0. The molecule has 0 aliphatic rings. The normalized spacial score (nSPS) is 13.1. The molecule has 210 valence electrons. The van der Waals surface area contributed by atoms with E-state index < -0.39 is 6.04 Å². The van der Waals surface area contributed by atoms with Gasteiger partial charge in [0.05, 0.1) is 6.85 Å². The molecule has 1 aromatic heterocycles. The highest BCUT2D eigenvalue weighted by molar-refractivity contribution is 6.26. The Kier molecular flexibility index (Phi) is 4.81. The summed E-state index contributed by atoms with van der Waals surface area (Å²) in [5.74, 6) is 0. The van der Waals surface area contributed by atoms with Gasteiger partial charge < -0.3 is 4.42 Å². The first-order chi connectivity index (χ1) is 24.4. The van der Waals surface area contributed by atoms with Crippen LogP contribution in [0.5, 0.6) is 0 Å². The maximum atomic E-state index is 8.68. The maximum Gasteiger partial charge on any atom is 0.143 e. The van der Waals surface area contributed by atoms with Gasteiger partial charge >= 0.3 is 0 Å². The smallest absolute Gasteiger partial charge is 0.143 e. The summed E-state index contributed by atoms with van der Waals surface area (Å²) in [7, 11) is 0. The predicted octanol–water partition coefficient (Wildman–Crippen LogP) is 12.6. The van der Waals surface area contributed by atoms with Crippen molar-refractivity contribution in [3.05, 3.63) is 170 Å². The van der Waals surface area contributed by atoms with Gasteiger partial charge in [-0.05, 0) is 72.6 Å². The molecule has 0 N–H and O–H groups in total. The Labute approximate surface area is 268 Å². The third-order valence-electron chi connectivity index (χ3n) is 8.75. The predicted molar refractivity (Wildman–Crippen MR) is 190 cm³/mol. The minimum absolute atomic E-state index is 0.125. The van der Waals surface area contributed by atoms with E-state index in [1.54, 1.807) is 6.07 Å². The second-order valence-corrected chi connectivity index (χ2v) is 11.3. The van der Waals surface area contributed by atoms with Crippen LogP contribution >= 0.6 is 0 Å². The van der Waals surface area contributed by atoms with Crippen LogP contribution in [-0.2, 0) is 0 Å². The van der Waals surface area contributed by atoms with E-state index in [-0.39, 0.29) is 29.7 Å². The fourth-order valence-electron chi connectivity index (χ4n) is 6.85. The van der Waals surface area contributed by atoms with Crippen LogP contribution < -0.4 is 0 Å². The molecule has 0 saturated carbocycles. The second kappa shape index (κ2) is 10.4. The zero-order chi connectivity index (χ0) is 34.1. The first-order valence-electron chi connectivity index (χ1n) is 17.5. The van der Waals surface area contributed by atoms with Gasteiger partial charge in [-0.3, -0.25) is 0 Å². The molecule has 0 unspecified atom stereocenters. The van der Waals surface area contributed by atoms with Gasteiger partial charge in [-0.25, -0.2) is 0 Å². The molecule has 0 atom stereocenters. The van der Waals surface area contributed by atoms with Gasteiger partial charge in [-0.1, -0.05) is 158 Å². The van der Waals surface area contributed by atoms with Crippen molar-refractivity contribution < 1.29 is 11.3 Å². The SMILES string of the molecule is [2H]c1c([2H])c([2H])c(-c2cccc3c2oc2cccc(-c4c5ccccc5c(-c5cccc(-c6ccccc6)c5)c5ccccc45)c23)c([2H])c1[2H]. The van der Waals surface area contributed by atoms with E-state index in [4.69, 9.17) is 11.3 Å². The van der Waals surface area contributed by atoms with Crippen LogP contribution in [0.4, 0.5) is 0 Å². The van der Waals surface area contributed by atoms with Crippen molar-refractivity contribution in [2.75, 3.05) is 0 Å². The molecule has 0 bridgehead atoms. The molecule has 0 radical (unpaired) electrons. The molecule has 0 amide bonds. The Morgan fingerprint density at radius 3 is 1.69 bits per heavy atom. The van der Waals surface area contributed by atoms with E-state index in [0.29, 0.717) is 16.7 Å². The summed E-state index contributed by atoms with van der Waals surface area (Å²) in [5.41, 5.74) is 8.45. The molecular weight excluding hydrogens is 544 g/mol. The molecule has 1 heterocycles.